The summed E-state index contributed by atoms with van der Waals surface area (Å²) < 4.78 is 2.01. The zero-order valence-corrected chi connectivity index (χ0v) is 13.9. The quantitative estimate of drug-likeness (QED) is 0.693. The van der Waals surface area contributed by atoms with E-state index in [1.807, 2.05) is 17.1 Å². The maximum Gasteiger partial charge on any atom is 0.0991 e. The Bertz CT molecular complexity index is 705. The fourth-order valence-electron chi connectivity index (χ4n) is 2.81. The minimum atomic E-state index is 0.727. The lowest BCUT2D eigenvalue weighted by Gasteiger charge is -2.22. The van der Waals surface area contributed by atoms with Crippen molar-refractivity contribution in [2.45, 2.75) is 19.5 Å². The molecule has 2 aromatic carbocycles. The molecule has 0 spiro atoms. The lowest BCUT2D eigenvalue weighted by Crippen LogP contribution is -2.25. The van der Waals surface area contributed by atoms with Gasteiger partial charge in [-0.2, -0.15) is 0 Å². The molecular weight excluding hydrogens is 296 g/mol. The van der Waals surface area contributed by atoms with Crippen LogP contribution < -0.4 is 5.73 Å². The number of benzene rings is 2. The van der Waals surface area contributed by atoms with E-state index in [0.717, 1.165) is 38.3 Å². The predicted octanol–water partition coefficient (Wildman–Crippen LogP) is 3.22. The smallest absolute Gasteiger partial charge is 0.0991 e. The highest BCUT2D eigenvalue weighted by atomic mass is 15.1. The van der Waals surface area contributed by atoms with Gasteiger partial charge in [-0.15, -0.1) is 0 Å². The van der Waals surface area contributed by atoms with Gasteiger partial charge in [-0.1, -0.05) is 42.5 Å². The van der Waals surface area contributed by atoms with Crippen molar-refractivity contribution >= 4 is 0 Å². The van der Waals surface area contributed by atoms with Crippen LogP contribution in [-0.2, 0) is 13.1 Å². The normalized spacial score (nSPS) is 11.1. The first-order valence-corrected chi connectivity index (χ1v) is 8.39. The zero-order chi connectivity index (χ0) is 16.6. The first kappa shape index (κ1) is 16.4. The van der Waals surface area contributed by atoms with Gasteiger partial charge in [-0.3, -0.25) is 4.90 Å². The number of hydrogen-bond acceptors (Lipinski definition) is 3. The van der Waals surface area contributed by atoms with E-state index < -0.39 is 0 Å². The molecule has 0 radical (unpaired) electrons. The summed E-state index contributed by atoms with van der Waals surface area (Å²) in [6.45, 7) is 3.61. The van der Waals surface area contributed by atoms with Crippen molar-refractivity contribution in [2.75, 3.05) is 13.1 Å². The Morgan fingerprint density at radius 3 is 2.25 bits per heavy atom. The SMILES string of the molecule is NCCCN(Cc1ccccc1)Cc1ccc(-n2ccnc2)cc1. The van der Waals surface area contributed by atoms with Gasteiger partial charge in [0, 0.05) is 37.7 Å². The number of imidazole rings is 1. The standard InChI is InChI=1S/C20H24N4/c21-11-4-13-23(15-18-5-2-1-3-6-18)16-19-7-9-20(10-8-19)24-14-12-22-17-24/h1-3,5-10,12,14,17H,4,11,13,15-16,21H2. The van der Waals surface area contributed by atoms with Gasteiger partial charge in [0.15, 0.2) is 0 Å². The van der Waals surface area contributed by atoms with Crippen LogP contribution in [-0.4, -0.2) is 27.5 Å². The van der Waals surface area contributed by atoms with Gasteiger partial charge >= 0.3 is 0 Å². The molecule has 0 saturated heterocycles. The summed E-state index contributed by atoms with van der Waals surface area (Å²) in [5.74, 6) is 0. The van der Waals surface area contributed by atoms with Crippen molar-refractivity contribution in [2.24, 2.45) is 5.73 Å². The topological polar surface area (TPSA) is 47.1 Å². The summed E-state index contributed by atoms with van der Waals surface area (Å²) >= 11 is 0. The second-order valence-corrected chi connectivity index (χ2v) is 5.97. The second-order valence-electron chi connectivity index (χ2n) is 5.97. The van der Waals surface area contributed by atoms with Crippen LogP contribution in [0.3, 0.4) is 0 Å². The number of nitrogens with zero attached hydrogens (tertiary/aromatic N) is 3. The molecule has 2 N–H and O–H groups in total. The van der Waals surface area contributed by atoms with E-state index in [4.69, 9.17) is 5.73 Å². The van der Waals surface area contributed by atoms with E-state index in [2.05, 4.69) is 64.5 Å². The molecule has 24 heavy (non-hydrogen) atoms. The summed E-state index contributed by atoms with van der Waals surface area (Å²) in [6, 6.07) is 19.3. The van der Waals surface area contributed by atoms with E-state index in [-0.39, 0.29) is 0 Å². The van der Waals surface area contributed by atoms with E-state index in [1.54, 1.807) is 6.20 Å². The molecule has 1 heterocycles. The van der Waals surface area contributed by atoms with Crippen molar-refractivity contribution in [3.8, 4) is 5.69 Å². The van der Waals surface area contributed by atoms with Gasteiger partial charge in [-0.25, -0.2) is 4.98 Å². The van der Waals surface area contributed by atoms with Crippen LogP contribution in [0.25, 0.3) is 5.69 Å². The Balaban J connectivity index is 1.67. The van der Waals surface area contributed by atoms with E-state index >= 15 is 0 Å². The molecule has 0 aliphatic heterocycles. The predicted molar refractivity (Wildman–Crippen MR) is 97.8 cm³/mol. The van der Waals surface area contributed by atoms with Gasteiger partial charge < -0.3 is 10.3 Å². The van der Waals surface area contributed by atoms with Gasteiger partial charge in [0.2, 0.25) is 0 Å². The highest BCUT2D eigenvalue weighted by Gasteiger charge is 2.07. The fourth-order valence-corrected chi connectivity index (χ4v) is 2.81. The third kappa shape index (κ3) is 4.54. The Morgan fingerprint density at radius 2 is 1.62 bits per heavy atom. The molecule has 4 nitrogen and oxygen atoms in total. The molecule has 0 atom stereocenters. The fraction of sp³-hybridized carbons (Fsp3) is 0.250. The van der Waals surface area contributed by atoms with Crippen molar-refractivity contribution in [3.05, 3.63) is 84.4 Å². The number of hydrogen-bond donors (Lipinski definition) is 1. The molecule has 0 unspecified atom stereocenters. The molecule has 0 saturated carbocycles. The van der Waals surface area contributed by atoms with Gasteiger partial charge in [0.1, 0.15) is 0 Å². The van der Waals surface area contributed by atoms with Crippen LogP contribution in [0, 0.1) is 0 Å². The zero-order valence-electron chi connectivity index (χ0n) is 13.9. The van der Waals surface area contributed by atoms with E-state index in [1.165, 1.54) is 11.1 Å². The van der Waals surface area contributed by atoms with Gasteiger partial charge in [0.25, 0.3) is 0 Å². The Morgan fingerprint density at radius 1 is 0.917 bits per heavy atom. The molecule has 3 aromatic rings. The van der Waals surface area contributed by atoms with Crippen molar-refractivity contribution in [1.29, 1.82) is 0 Å². The lowest BCUT2D eigenvalue weighted by atomic mass is 10.1. The van der Waals surface area contributed by atoms with Crippen LogP contribution in [0.2, 0.25) is 0 Å². The van der Waals surface area contributed by atoms with Crippen molar-refractivity contribution < 1.29 is 0 Å². The molecule has 0 aliphatic rings. The second kappa shape index (κ2) is 8.43. The number of nitrogens with two attached hydrogens (primary N) is 1. The Kier molecular flexibility index (Phi) is 5.77. The highest BCUT2D eigenvalue weighted by Crippen LogP contribution is 2.13. The van der Waals surface area contributed by atoms with Crippen LogP contribution >= 0.6 is 0 Å². The summed E-state index contributed by atoms with van der Waals surface area (Å²) in [6.07, 6.45) is 6.58. The molecule has 0 bridgehead atoms. The maximum atomic E-state index is 5.70. The third-order valence-electron chi connectivity index (χ3n) is 4.07. The minimum absolute atomic E-state index is 0.727. The van der Waals surface area contributed by atoms with Gasteiger partial charge in [-0.05, 0) is 36.2 Å². The van der Waals surface area contributed by atoms with E-state index in [9.17, 15) is 0 Å². The van der Waals surface area contributed by atoms with Crippen LogP contribution in [0.5, 0.6) is 0 Å². The number of aromatic nitrogens is 2. The molecule has 0 fully saturated rings. The average molecular weight is 320 g/mol. The summed E-state index contributed by atoms with van der Waals surface area (Å²) in [5.41, 5.74) is 9.48. The Hall–Kier alpha value is -2.43. The monoisotopic (exact) mass is 320 g/mol. The lowest BCUT2D eigenvalue weighted by molar-refractivity contribution is 0.255. The molecule has 124 valence electrons. The number of rotatable bonds is 8. The average Bonchev–Trinajstić information content (AvgIpc) is 3.16. The first-order chi connectivity index (χ1) is 11.8. The first-order valence-electron chi connectivity index (χ1n) is 8.39. The van der Waals surface area contributed by atoms with Gasteiger partial charge in [0.05, 0.1) is 6.33 Å². The summed E-state index contributed by atoms with van der Waals surface area (Å²) in [4.78, 5) is 6.55. The minimum Gasteiger partial charge on any atom is -0.330 e. The molecule has 3 rings (SSSR count). The highest BCUT2D eigenvalue weighted by molar-refractivity contribution is 5.34. The molecule has 4 heteroatoms. The summed E-state index contributed by atoms with van der Waals surface area (Å²) in [5, 5.41) is 0. The van der Waals surface area contributed by atoms with Crippen LogP contribution in [0.15, 0.2) is 73.3 Å². The van der Waals surface area contributed by atoms with E-state index in [0.29, 0.717) is 0 Å². The third-order valence-corrected chi connectivity index (χ3v) is 4.07. The maximum absolute atomic E-state index is 5.70. The van der Waals surface area contributed by atoms with Crippen LogP contribution in [0.1, 0.15) is 17.5 Å². The molecular formula is C20H24N4. The molecule has 1 aromatic heterocycles. The largest absolute Gasteiger partial charge is 0.330 e. The Labute approximate surface area is 143 Å². The summed E-state index contributed by atoms with van der Waals surface area (Å²) in [7, 11) is 0. The van der Waals surface area contributed by atoms with Crippen molar-refractivity contribution in [1.82, 2.24) is 14.5 Å². The van der Waals surface area contributed by atoms with Crippen molar-refractivity contribution in [3.63, 3.8) is 0 Å². The van der Waals surface area contributed by atoms with Crippen LogP contribution in [0.4, 0.5) is 0 Å². The molecule has 0 aliphatic carbocycles. The molecule has 0 amide bonds.